The van der Waals surface area contributed by atoms with Crippen molar-refractivity contribution in [2.24, 2.45) is 0 Å². The molecule has 4 rings (SSSR count). The third kappa shape index (κ3) is 4.88. The second-order valence-corrected chi connectivity index (χ2v) is 9.68. The Bertz CT molecular complexity index is 1330. The van der Waals surface area contributed by atoms with Crippen LogP contribution in [0.2, 0.25) is 0 Å². The molecule has 0 spiro atoms. The van der Waals surface area contributed by atoms with Crippen LogP contribution in [0, 0.1) is 0 Å². The van der Waals surface area contributed by atoms with Gasteiger partial charge in [0.25, 0.3) is 0 Å². The zero-order valence-corrected chi connectivity index (χ0v) is 18.5. The molecule has 0 heterocycles. The van der Waals surface area contributed by atoms with E-state index < -0.39 is 10.0 Å². The van der Waals surface area contributed by atoms with E-state index in [-0.39, 0.29) is 23.8 Å². The van der Waals surface area contributed by atoms with Crippen molar-refractivity contribution in [3.8, 4) is 0 Å². The molecule has 6 heteroatoms. The van der Waals surface area contributed by atoms with Crippen molar-refractivity contribution >= 4 is 32.4 Å². The Morgan fingerprint density at radius 1 is 0.812 bits per heavy atom. The van der Waals surface area contributed by atoms with Crippen molar-refractivity contribution in [3.05, 3.63) is 108 Å². The molecule has 0 radical (unpaired) electrons. The zero-order chi connectivity index (χ0) is 22.6. The molecule has 0 unspecified atom stereocenters. The van der Waals surface area contributed by atoms with Crippen molar-refractivity contribution in [2.75, 3.05) is 12.4 Å². The van der Waals surface area contributed by atoms with Crippen LogP contribution >= 0.6 is 0 Å². The first-order chi connectivity index (χ1) is 15.4. The summed E-state index contributed by atoms with van der Waals surface area (Å²) in [5.74, 6) is -0.154. The number of anilines is 1. The molecule has 0 aliphatic carbocycles. The van der Waals surface area contributed by atoms with Gasteiger partial charge in [-0.25, -0.2) is 8.42 Å². The van der Waals surface area contributed by atoms with Gasteiger partial charge in [-0.05, 0) is 46.2 Å². The molecule has 0 saturated carbocycles. The third-order valence-electron chi connectivity index (χ3n) is 5.33. The van der Waals surface area contributed by atoms with Gasteiger partial charge < -0.3 is 5.32 Å². The number of amides is 1. The lowest BCUT2D eigenvalue weighted by molar-refractivity contribution is -0.115. The largest absolute Gasteiger partial charge is 0.326 e. The predicted octanol–water partition coefficient (Wildman–Crippen LogP) is 4.84. The van der Waals surface area contributed by atoms with Crippen LogP contribution in [-0.2, 0) is 27.8 Å². The molecule has 4 aromatic rings. The summed E-state index contributed by atoms with van der Waals surface area (Å²) >= 11 is 0. The van der Waals surface area contributed by atoms with Gasteiger partial charge in [-0.3, -0.25) is 4.79 Å². The summed E-state index contributed by atoms with van der Waals surface area (Å²) in [4.78, 5) is 12.8. The Labute approximate surface area is 188 Å². The van der Waals surface area contributed by atoms with Crippen LogP contribution in [0.5, 0.6) is 0 Å². The number of hydrogen-bond donors (Lipinski definition) is 1. The molecule has 0 bridgehead atoms. The van der Waals surface area contributed by atoms with Gasteiger partial charge in [0, 0.05) is 19.3 Å². The minimum atomic E-state index is -3.63. The molecular weight excluding hydrogens is 420 g/mol. The Hall–Kier alpha value is -3.48. The molecular formula is C26H24N2O3S. The SMILES string of the molecule is CN(Cc1ccccc1)S(=O)(=O)c1ccc(NC(=O)Cc2cccc3ccccc23)cc1. The topological polar surface area (TPSA) is 66.5 Å². The smallest absolute Gasteiger partial charge is 0.243 e. The van der Waals surface area contributed by atoms with Gasteiger partial charge in [0.05, 0.1) is 11.3 Å². The lowest BCUT2D eigenvalue weighted by atomic mass is 10.0. The van der Waals surface area contributed by atoms with Crippen molar-refractivity contribution in [2.45, 2.75) is 17.9 Å². The number of rotatable bonds is 7. The van der Waals surface area contributed by atoms with Crippen LogP contribution < -0.4 is 5.32 Å². The average molecular weight is 445 g/mol. The van der Waals surface area contributed by atoms with Crippen LogP contribution in [0.4, 0.5) is 5.69 Å². The highest BCUT2D eigenvalue weighted by Crippen LogP contribution is 2.21. The zero-order valence-electron chi connectivity index (χ0n) is 17.7. The molecule has 4 aromatic carbocycles. The van der Waals surface area contributed by atoms with Gasteiger partial charge >= 0.3 is 0 Å². The van der Waals surface area contributed by atoms with Crippen molar-refractivity contribution in [1.82, 2.24) is 4.31 Å². The molecule has 0 fully saturated rings. The fourth-order valence-corrected chi connectivity index (χ4v) is 4.80. The number of nitrogens with zero attached hydrogens (tertiary/aromatic N) is 1. The summed E-state index contributed by atoms with van der Waals surface area (Å²) in [5.41, 5.74) is 2.41. The number of fused-ring (bicyclic) bond motifs is 1. The number of nitrogens with one attached hydrogen (secondary N) is 1. The number of sulfonamides is 1. The van der Waals surface area contributed by atoms with E-state index in [1.54, 1.807) is 19.2 Å². The Morgan fingerprint density at radius 2 is 1.47 bits per heavy atom. The standard InChI is InChI=1S/C26H24N2O3S/c1-28(19-20-8-3-2-4-9-20)32(30,31)24-16-14-23(15-17-24)27-26(29)18-22-12-7-11-21-10-5-6-13-25(21)22/h2-17H,18-19H2,1H3,(H,27,29). The molecule has 0 aliphatic heterocycles. The van der Waals surface area contributed by atoms with E-state index in [0.717, 1.165) is 21.9 Å². The molecule has 5 nitrogen and oxygen atoms in total. The molecule has 1 amide bonds. The maximum absolute atomic E-state index is 12.9. The van der Waals surface area contributed by atoms with Crippen LogP contribution in [-0.4, -0.2) is 25.7 Å². The van der Waals surface area contributed by atoms with Gasteiger partial charge in [-0.15, -0.1) is 0 Å². The maximum atomic E-state index is 12.9. The monoisotopic (exact) mass is 444 g/mol. The predicted molar refractivity (Wildman–Crippen MR) is 128 cm³/mol. The highest BCUT2D eigenvalue weighted by Gasteiger charge is 2.21. The minimum Gasteiger partial charge on any atom is -0.326 e. The van der Waals surface area contributed by atoms with E-state index in [1.165, 1.54) is 16.4 Å². The summed E-state index contributed by atoms with van der Waals surface area (Å²) < 4.78 is 27.1. The number of hydrogen-bond acceptors (Lipinski definition) is 3. The van der Waals surface area contributed by atoms with Crippen LogP contribution in [0.3, 0.4) is 0 Å². The van der Waals surface area contributed by atoms with E-state index in [9.17, 15) is 13.2 Å². The molecule has 162 valence electrons. The van der Waals surface area contributed by atoms with E-state index in [2.05, 4.69) is 5.32 Å². The Morgan fingerprint density at radius 3 is 2.22 bits per heavy atom. The summed E-state index contributed by atoms with van der Waals surface area (Å²) in [6, 6.07) is 29.6. The highest BCUT2D eigenvalue weighted by atomic mass is 32.2. The molecule has 0 aromatic heterocycles. The van der Waals surface area contributed by atoms with Crippen LogP contribution in [0.1, 0.15) is 11.1 Å². The fraction of sp³-hybridized carbons (Fsp3) is 0.115. The molecule has 0 atom stereocenters. The quantitative estimate of drug-likeness (QED) is 0.443. The van der Waals surface area contributed by atoms with Crippen molar-refractivity contribution < 1.29 is 13.2 Å². The van der Waals surface area contributed by atoms with Crippen LogP contribution in [0.25, 0.3) is 10.8 Å². The van der Waals surface area contributed by atoms with Crippen molar-refractivity contribution in [1.29, 1.82) is 0 Å². The number of carbonyl (C=O) groups excluding carboxylic acids is 1. The Kier molecular flexibility index (Phi) is 6.35. The summed E-state index contributed by atoms with van der Waals surface area (Å²) in [7, 11) is -2.08. The van der Waals surface area contributed by atoms with Gasteiger partial charge in [-0.1, -0.05) is 72.8 Å². The van der Waals surface area contributed by atoms with Gasteiger partial charge in [0.15, 0.2) is 0 Å². The van der Waals surface area contributed by atoms with Crippen molar-refractivity contribution in [3.63, 3.8) is 0 Å². The number of benzene rings is 4. The second-order valence-electron chi connectivity index (χ2n) is 7.63. The first kappa shape index (κ1) is 21.7. The Balaban J connectivity index is 1.43. The van der Waals surface area contributed by atoms with Gasteiger partial charge in [0.1, 0.15) is 0 Å². The first-order valence-corrected chi connectivity index (χ1v) is 11.7. The summed E-state index contributed by atoms with van der Waals surface area (Å²) in [5, 5.41) is 4.99. The third-order valence-corrected chi connectivity index (χ3v) is 7.14. The minimum absolute atomic E-state index is 0.154. The average Bonchev–Trinajstić information content (AvgIpc) is 2.80. The number of carbonyl (C=O) groups is 1. The first-order valence-electron chi connectivity index (χ1n) is 10.3. The highest BCUT2D eigenvalue weighted by molar-refractivity contribution is 7.89. The molecule has 0 saturated heterocycles. The fourth-order valence-electron chi connectivity index (χ4n) is 3.64. The lowest BCUT2D eigenvalue weighted by Crippen LogP contribution is -2.26. The van der Waals surface area contributed by atoms with Gasteiger partial charge in [0.2, 0.25) is 15.9 Å². The van der Waals surface area contributed by atoms with E-state index in [0.29, 0.717) is 5.69 Å². The van der Waals surface area contributed by atoms with E-state index in [1.807, 2.05) is 72.8 Å². The summed E-state index contributed by atoms with van der Waals surface area (Å²) in [6.07, 6.45) is 0.237. The van der Waals surface area contributed by atoms with Crippen LogP contribution in [0.15, 0.2) is 102 Å². The molecule has 0 aliphatic rings. The molecule has 32 heavy (non-hydrogen) atoms. The maximum Gasteiger partial charge on any atom is 0.243 e. The summed E-state index contributed by atoms with van der Waals surface area (Å²) in [6.45, 7) is 0.284. The van der Waals surface area contributed by atoms with Gasteiger partial charge in [-0.2, -0.15) is 4.31 Å². The van der Waals surface area contributed by atoms with E-state index >= 15 is 0 Å². The lowest BCUT2D eigenvalue weighted by Gasteiger charge is -2.17. The molecule has 1 N–H and O–H groups in total. The van der Waals surface area contributed by atoms with E-state index in [4.69, 9.17) is 0 Å². The second kappa shape index (κ2) is 9.34. The normalized spacial score (nSPS) is 11.6.